The second-order valence-corrected chi connectivity index (χ2v) is 6.01. The van der Waals surface area contributed by atoms with Crippen molar-refractivity contribution in [2.24, 2.45) is 0 Å². The number of hydrogen-bond donors (Lipinski definition) is 1. The van der Waals surface area contributed by atoms with Crippen LogP contribution < -0.4 is 5.32 Å². The van der Waals surface area contributed by atoms with Crippen LogP contribution in [0.2, 0.25) is 0 Å². The number of aromatic nitrogens is 1. The first-order valence-corrected chi connectivity index (χ1v) is 8.13. The van der Waals surface area contributed by atoms with Crippen molar-refractivity contribution in [3.05, 3.63) is 23.9 Å². The topological polar surface area (TPSA) is 58.4 Å². The molecule has 5 nitrogen and oxygen atoms in total. The van der Waals surface area contributed by atoms with E-state index in [0.717, 1.165) is 48.3 Å². The fourth-order valence-corrected chi connectivity index (χ4v) is 3.22. The molecule has 1 aliphatic heterocycles. The molecule has 5 heteroatoms. The minimum absolute atomic E-state index is 0.476. The van der Waals surface area contributed by atoms with Gasteiger partial charge in [-0.2, -0.15) is 0 Å². The first kappa shape index (κ1) is 15.0. The Balaban J connectivity index is 1.70. The van der Waals surface area contributed by atoms with Crippen molar-refractivity contribution in [3.63, 3.8) is 0 Å². The molecular weight excluding hydrogens is 278 g/mol. The van der Waals surface area contributed by atoms with Crippen LogP contribution in [0.3, 0.4) is 0 Å². The van der Waals surface area contributed by atoms with Gasteiger partial charge in [0.2, 0.25) is 6.41 Å². The Hall–Kier alpha value is -1.88. The molecule has 1 aromatic carbocycles. The summed E-state index contributed by atoms with van der Waals surface area (Å²) in [5.41, 5.74) is 2.55. The van der Waals surface area contributed by atoms with E-state index in [4.69, 9.17) is 4.52 Å². The third kappa shape index (κ3) is 3.14. The summed E-state index contributed by atoms with van der Waals surface area (Å²) < 4.78 is 5.46. The normalized spacial score (nSPS) is 17.0. The molecule has 1 aliphatic rings. The Kier molecular flexibility index (Phi) is 4.73. The number of amides is 1. The molecule has 0 radical (unpaired) electrons. The molecule has 0 bridgehead atoms. The number of anilines is 1. The van der Waals surface area contributed by atoms with Crippen molar-refractivity contribution in [3.8, 4) is 0 Å². The third-order valence-electron chi connectivity index (χ3n) is 4.53. The van der Waals surface area contributed by atoms with Crippen molar-refractivity contribution < 1.29 is 9.32 Å². The number of nitrogens with one attached hydrogen (secondary N) is 1. The Morgan fingerprint density at radius 3 is 2.95 bits per heavy atom. The summed E-state index contributed by atoms with van der Waals surface area (Å²) in [5, 5.41) is 8.01. The molecule has 1 N–H and O–H groups in total. The first-order valence-electron chi connectivity index (χ1n) is 8.13. The lowest BCUT2D eigenvalue weighted by Gasteiger charge is -2.31. The molecular formula is C17H23N3O2. The molecule has 0 spiro atoms. The lowest BCUT2D eigenvalue weighted by molar-refractivity contribution is -0.105. The van der Waals surface area contributed by atoms with E-state index in [1.165, 1.54) is 19.4 Å². The maximum Gasteiger partial charge on any atom is 0.211 e. The highest BCUT2D eigenvalue weighted by Gasteiger charge is 2.24. The lowest BCUT2D eigenvalue weighted by Crippen LogP contribution is -2.33. The standard InChI is InChI=1S/C17H23N3O2/c1-2-3-8-20-9-6-13(7-10-20)17-15-5-4-14(18-12-21)11-16(15)22-19-17/h4-5,11-13H,2-3,6-10H2,1H3,(H,18,21). The van der Waals surface area contributed by atoms with Crippen LogP contribution in [-0.4, -0.2) is 36.1 Å². The van der Waals surface area contributed by atoms with Crippen molar-refractivity contribution in [1.82, 2.24) is 10.1 Å². The van der Waals surface area contributed by atoms with Gasteiger partial charge in [0, 0.05) is 23.1 Å². The molecule has 0 unspecified atom stereocenters. The smallest absolute Gasteiger partial charge is 0.211 e. The number of carbonyl (C=O) groups excluding carboxylic acids is 1. The van der Waals surface area contributed by atoms with E-state index < -0.39 is 0 Å². The zero-order valence-corrected chi connectivity index (χ0v) is 13.0. The number of fused-ring (bicyclic) bond motifs is 1. The SMILES string of the molecule is CCCCN1CCC(c2noc3cc(NC=O)ccc23)CC1. The predicted molar refractivity (Wildman–Crippen MR) is 87.0 cm³/mol. The number of likely N-dealkylation sites (tertiary alicyclic amines) is 1. The van der Waals surface area contributed by atoms with Crippen LogP contribution in [0, 0.1) is 0 Å². The minimum Gasteiger partial charge on any atom is -0.356 e. The quantitative estimate of drug-likeness (QED) is 0.831. The Bertz CT molecular complexity index is 630. The van der Waals surface area contributed by atoms with Crippen LogP contribution in [0.5, 0.6) is 0 Å². The van der Waals surface area contributed by atoms with Gasteiger partial charge < -0.3 is 14.7 Å². The van der Waals surface area contributed by atoms with Crippen LogP contribution in [0.15, 0.2) is 22.7 Å². The van der Waals surface area contributed by atoms with Gasteiger partial charge in [0.25, 0.3) is 0 Å². The summed E-state index contributed by atoms with van der Waals surface area (Å²) in [6, 6.07) is 5.72. The zero-order chi connectivity index (χ0) is 15.4. The monoisotopic (exact) mass is 301 g/mol. The molecule has 1 fully saturated rings. The van der Waals surface area contributed by atoms with Crippen LogP contribution in [-0.2, 0) is 4.79 Å². The molecule has 22 heavy (non-hydrogen) atoms. The number of benzene rings is 1. The van der Waals surface area contributed by atoms with Crippen LogP contribution in [0.1, 0.15) is 44.2 Å². The van der Waals surface area contributed by atoms with E-state index in [-0.39, 0.29) is 0 Å². The molecule has 1 amide bonds. The largest absolute Gasteiger partial charge is 0.356 e. The summed E-state index contributed by atoms with van der Waals surface area (Å²) in [6.07, 6.45) is 5.49. The van der Waals surface area contributed by atoms with Crippen molar-refractivity contribution >= 4 is 23.1 Å². The molecule has 1 aromatic heterocycles. The van der Waals surface area contributed by atoms with Crippen molar-refractivity contribution in [2.45, 2.75) is 38.5 Å². The van der Waals surface area contributed by atoms with E-state index in [1.54, 1.807) is 0 Å². The molecule has 2 aromatic rings. The second-order valence-electron chi connectivity index (χ2n) is 6.01. The van der Waals surface area contributed by atoms with Crippen LogP contribution in [0.4, 0.5) is 5.69 Å². The van der Waals surface area contributed by atoms with Crippen LogP contribution in [0.25, 0.3) is 11.0 Å². The van der Waals surface area contributed by atoms with Gasteiger partial charge in [-0.15, -0.1) is 0 Å². The number of piperidine rings is 1. The maximum absolute atomic E-state index is 10.5. The number of hydrogen-bond acceptors (Lipinski definition) is 4. The van der Waals surface area contributed by atoms with Crippen molar-refractivity contribution in [2.75, 3.05) is 25.0 Å². The summed E-state index contributed by atoms with van der Waals surface area (Å²) in [7, 11) is 0. The first-order chi connectivity index (χ1) is 10.8. The second kappa shape index (κ2) is 6.92. The van der Waals surface area contributed by atoms with Gasteiger partial charge in [-0.1, -0.05) is 18.5 Å². The van der Waals surface area contributed by atoms with E-state index in [1.807, 2.05) is 18.2 Å². The molecule has 0 saturated carbocycles. The molecule has 3 rings (SSSR count). The highest BCUT2D eigenvalue weighted by atomic mass is 16.5. The molecule has 2 heterocycles. The van der Waals surface area contributed by atoms with Crippen LogP contribution >= 0.6 is 0 Å². The summed E-state index contributed by atoms with van der Waals surface area (Å²) >= 11 is 0. The summed E-state index contributed by atoms with van der Waals surface area (Å²) in [5.74, 6) is 0.476. The lowest BCUT2D eigenvalue weighted by atomic mass is 9.91. The third-order valence-corrected chi connectivity index (χ3v) is 4.53. The number of rotatable bonds is 6. The average molecular weight is 301 g/mol. The number of nitrogens with zero attached hydrogens (tertiary/aromatic N) is 2. The Morgan fingerprint density at radius 2 is 2.23 bits per heavy atom. The molecule has 0 aliphatic carbocycles. The van der Waals surface area contributed by atoms with E-state index in [0.29, 0.717) is 12.3 Å². The van der Waals surface area contributed by atoms with Gasteiger partial charge in [-0.25, -0.2) is 0 Å². The van der Waals surface area contributed by atoms with Gasteiger partial charge in [0.05, 0.1) is 5.69 Å². The number of carbonyl (C=O) groups is 1. The summed E-state index contributed by atoms with van der Waals surface area (Å²) in [6.45, 7) is 5.74. The highest BCUT2D eigenvalue weighted by molar-refractivity contribution is 5.85. The van der Waals surface area contributed by atoms with Gasteiger partial charge >= 0.3 is 0 Å². The fraction of sp³-hybridized carbons (Fsp3) is 0.529. The minimum atomic E-state index is 0.476. The Labute approximate surface area is 130 Å². The fourth-order valence-electron chi connectivity index (χ4n) is 3.22. The zero-order valence-electron chi connectivity index (χ0n) is 13.0. The maximum atomic E-state index is 10.5. The average Bonchev–Trinajstić information content (AvgIpc) is 2.97. The van der Waals surface area contributed by atoms with Crippen molar-refractivity contribution in [1.29, 1.82) is 0 Å². The van der Waals surface area contributed by atoms with E-state index >= 15 is 0 Å². The molecule has 0 atom stereocenters. The molecule has 1 saturated heterocycles. The molecule has 118 valence electrons. The van der Waals surface area contributed by atoms with Gasteiger partial charge in [0.1, 0.15) is 0 Å². The van der Waals surface area contributed by atoms with E-state index in [2.05, 4.69) is 22.3 Å². The van der Waals surface area contributed by atoms with E-state index in [9.17, 15) is 4.79 Å². The summed E-state index contributed by atoms with van der Waals surface area (Å²) in [4.78, 5) is 13.1. The van der Waals surface area contributed by atoms with Gasteiger partial charge in [-0.3, -0.25) is 4.79 Å². The van der Waals surface area contributed by atoms with Gasteiger partial charge in [-0.05, 0) is 51.0 Å². The van der Waals surface area contributed by atoms with Gasteiger partial charge in [0.15, 0.2) is 5.58 Å². The number of unbranched alkanes of at least 4 members (excludes halogenated alkanes) is 1. The highest BCUT2D eigenvalue weighted by Crippen LogP contribution is 2.33. The predicted octanol–water partition coefficient (Wildman–Crippen LogP) is 3.38. The Morgan fingerprint density at radius 1 is 1.41 bits per heavy atom.